The monoisotopic (exact) mass is 170 g/mol. The van der Waals surface area contributed by atoms with Crippen LogP contribution < -0.4 is 5.48 Å². The fourth-order valence-electron chi connectivity index (χ4n) is 0.960. The van der Waals surface area contributed by atoms with Gasteiger partial charge in [-0.25, -0.2) is 9.67 Å². The van der Waals surface area contributed by atoms with Crippen LogP contribution in [0, 0.1) is 0 Å². The molecule has 0 aromatic carbocycles. The molecule has 1 heterocycles. The molecule has 1 N–H and O–H groups in total. The maximum atomic E-state index is 4.72. The number of aromatic nitrogens is 3. The largest absolute Gasteiger partial charge is 0.305 e. The zero-order valence-electron chi connectivity index (χ0n) is 7.45. The van der Waals surface area contributed by atoms with Crippen molar-refractivity contribution >= 4 is 0 Å². The van der Waals surface area contributed by atoms with Gasteiger partial charge in [0.1, 0.15) is 12.2 Å². The molecule has 0 aliphatic rings. The molecule has 0 saturated carbocycles. The first-order valence-electron chi connectivity index (χ1n) is 4.01. The van der Waals surface area contributed by atoms with E-state index in [2.05, 4.69) is 22.5 Å². The second-order valence-corrected chi connectivity index (χ2v) is 2.42. The SMILES string of the molecule is CCCn1ncnc1CNOC. The minimum atomic E-state index is 0.594. The zero-order chi connectivity index (χ0) is 8.81. The van der Waals surface area contributed by atoms with E-state index in [0.29, 0.717) is 6.54 Å². The van der Waals surface area contributed by atoms with Crippen molar-refractivity contribution in [2.45, 2.75) is 26.4 Å². The van der Waals surface area contributed by atoms with E-state index >= 15 is 0 Å². The van der Waals surface area contributed by atoms with E-state index in [1.807, 2.05) is 4.68 Å². The maximum absolute atomic E-state index is 4.72. The summed E-state index contributed by atoms with van der Waals surface area (Å²) >= 11 is 0. The van der Waals surface area contributed by atoms with E-state index in [0.717, 1.165) is 18.8 Å². The molecule has 5 heteroatoms. The van der Waals surface area contributed by atoms with E-state index in [-0.39, 0.29) is 0 Å². The number of hydroxylamine groups is 1. The Hall–Kier alpha value is -0.940. The van der Waals surface area contributed by atoms with Gasteiger partial charge in [-0.05, 0) is 6.42 Å². The van der Waals surface area contributed by atoms with Gasteiger partial charge in [-0.3, -0.25) is 0 Å². The van der Waals surface area contributed by atoms with E-state index in [4.69, 9.17) is 4.84 Å². The Labute approximate surface area is 71.7 Å². The molecule has 0 aliphatic heterocycles. The number of hydrogen-bond acceptors (Lipinski definition) is 4. The zero-order valence-corrected chi connectivity index (χ0v) is 7.45. The summed E-state index contributed by atoms with van der Waals surface area (Å²) in [4.78, 5) is 8.80. The van der Waals surface area contributed by atoms with Crippen molar-refractivity contribution in [2.24, 2.45) is 0 Å². The molecule has 0 amide bonds. The highest BCUT2D eigenvalue weighted by Gasteiger charge is 2.01. The second kappa shape index (κ2) is 4.84. The van der Waals surface area contributed by atoms with Crippen molar-refractivity contribution in [2.75, 3.05) is 7.11 Å². The van der Waals surface area contributed by atoms with Crippen LogP contribution in [0.25, 0.3) is 0 Å². The smallest absolute Gasteiger partial charge is 0.143 e. The summed E-state index contributed by atoms with van der Waals surface area (Å²) in [5.41, 5.74) is 2.73. The molecule has 0 saturated heterocycles. The molecular formula is C7H14N4O. The third kappa shape index (κ3) is 2.28. The lowest BCUT2D eigenvalue weighted by Crippen LogP contribution is -2.16. The summed E-state index contributed by atoms with van der Waals surface area (Å²) in [6.45, 7) is 3.60. The van der Waals surface area contributed by atoms with Crippen molar-refractivity contribution in [1.82, 2.24) is 20.2 Å². The normalized spacial score (nSPS) is 10.5. The maximum Gasteiger partial charge on any atom is 0.143 e. The Kier molecular flexibility index (Phi) is 3.69. The molecule has 68 valence electrons. The third-order valence-electron chi connectivity index (χ3n) is 1.51. The van der Waals surface area contributed by atoms with Gasteiger partial charge in [0.25, 0.3) is 0 Å². The van der Waals surface area contributed by atoms with Gasteiger partial charge in [0.2, 0.25) is 0 Å². The van der Waals surface area contributed by atoms with E-state index < -0.39 is 0 Å². The number of nitrogens with zero attached hydrogens (tertiary/aromatic N) is 3. The first-order chi connectivity index (χ1) is 5.88. The number of hydrogen-bond donors (Lipinski definition) is 1. The average molecular weight is 170 g/mol. The molecule has 0 radical (unpaired) electrons. The summed E-state index contributed by atoms with van der Waals surface area (Å²) in [7, 11) is 1.58. The quantitative estimate of drug-likeness (QED) is 0.647. The first kappa shape index (κ1) is 9.15. The lowest BCUT2D eigenvalue weighted by molar-refractivity contribution is 0.0837. The van der Waals surface area contributed by atoms with Gasteiger partial charge in [0.05, 0.1) is 13.7 Å². The van der Waals surface area contributed by atoms with Gasteiger partial charge < -0.3 is 4.84 Å². The van der Waals surface area contributed by atoms with Crippen LogP contribution in [0.4, 0.5) is 0 Å². The minimum Gasteiger partial charge on any atom is -0.305 e. The molecule has 1 aromatic heterocycles. The molecule has 12 heavy (non-hydrogen) atoms. The Bertz CT molecular complexity index is 223. The molecule has 5 nitrogen and oxygen atoms in total. The van der Waals surface area contributed by atoms with Crippen LogP contribution in [0.1, 0.15) is 19.2 Å². The number of rotatable bonds is 5. The molecule has 0 bridgehead atoms. The number of aryl methyl sites for hydroxylation is 1. The van der Waals surface area contributed by atoms with Gasteiger partial charge in [-0.15, -0.1) is 0 Å². The highest BCUT2D eigenvalue weighted by atomic mass is 16.6. The molecule has 0 unspecified atom stereocenters. The van der Waals surface area contributed by atoms with Crippen molar-refractivity contribution in [3.8, 4) is 0 Å². The summed E-state index contributed by atoms with van der Waals surface area (Å²) in [6.07, 6.45) is 2.62. The summed E-state index contributed by atoms with van der Waals surface area (Å²) in [5, 5.41) is 4.07. The fraction of sp³-hybridized carbons (Fsp3) is 0.714. The van der Waals surface area contributed by atoms with Crippen LogP contribution in [0.3, 0.4) is 0 Å². The molecular weight excluding hydrogens is 156 g/mol. The molecule has 0 fully saturated rings. The highest BCUT2D eigenvalue weighted by Crippen LogP contribution is 1.94. The van der Waals surface area contributed by atoms with Crippen LogP contribution in [0.5, 0.6) is 0 Å². The van der Waals surface area contributed by atoms with Gasteiger partial charge in [-0.1, -0.05) is 6.92 Å². The van der Waals surface area contributed by atoms with E-state index in [1.54, 1.807) is 13.4 Å². The lowest BCUT2D eigenvalue weighted by Gasteiger charge is -2.03. The third-order valence-corrected chi connectivity index (χ3v) is 1.51. The predicted octanol–water partition coefficient (Wildman–Crippen LogP) is 0.339. The Morgan fingerprint density at radius 2 is 2.50 bits per heavy atom. The molecule has 0 atom stereocenters. The Balaban J connectivity index is 2.51. The molecule has 1 rings (SSSR count). The number of nitrogens with one attached hydrogen (secondary N) is 1. The van der Waals surface area contributed by atoms with Gasteiger partial charge in [0.15, 0.2) is 0 Å². The standard InChI is InChI=1S/C7H14N4O/c1-3-4-11-7(5-10-12-2)8-6-9-11/h6,10H,3-5H2,1-2H3. The summed E-state index contributed by atoms with van der Waals surface area (Å²) in [6, 6.07) is 0. The van der Waals surface area contributed by atoms with Crippen molar-refractivity contribution in [3.05, 3.63) is 12.2 Å². The van der Waals surface area contributed by atoms with Gasteiger partial charge in [0, 0.05) is 6.54 Å². The van der Waals surface area contributed by atoms with Crippen molar-refractivity contribution in [1.29, 1.82) is 0 Å². The summed E-state index contributed by atoms with van der Waals surface area (Å²) in [5.74, 6) is 0.902. The first-order valence-corrected chi connectivity index (χ1v) is 4.01. The minimum absolute atomic E-state index is 0.594. The highest BCUT2D eigenvalue weighted by molar-refractivity contribution is 4.82. The van der Waals surface area contributed by atoms with Crippen molar-refractivity contribution < 1.29 is 4.84 Å². The Morgan fingerprint density at radius 1 is 1.67 bits per heavy atom. The second-order valence-electron chi connectivity index (χ2n) is 2.42. The summed E-state index contributed by atoms with van der Waals surface area (Å²) < 4.78 is 1.87. The topological polar surface area (TPSA) is 52.0 Å². The predicted molar refractivity (Wildman–Crippen MR) is 44.2 cm³/mol. The Morgan fingerprint density at radius 3 is 3.17 bits per heavy atom. The van der Waals surface area contributed by atoms with Crippen LogP contribution >= 0.6 is 0 Å². The van der Waals surface area contributed by atoms with Crippen molar-refractivity contribution in [3.63, 3.8) is 0 Å². The lowest BCUT2D eigenvalue weighted by atomic mass is 10.5. The van der Waals surface area contributed by atoms with E-state index in [9.17, 15) is 0 Å². The molecule has 1 aromatic rings. The average Bonchev–Trinajstić information content (AvgIpc) is 2.50. The van der Waals surface area contributed by atoms with Gasteiger partial charge in [-0.2, -0.15) is 10.6 Å². The molecule has 0 aliphatic carbocycles. The van der Waals surface area contributed by atoms with Crippen LogP contribution in [-0.2, 0) is 17.9 Å². The fourth-order valence-corrected chi connectivity index (χ4v) is 0.960. The van der Waals surface area contributed by atoms with Crippen LogP contribution in [0.15, 0.2) is 6.33 Å². The van der Waals surface area contributed by atoms with E-state index in [1.165, 1.54) is 0 Å². The molecule has 0 spiro atoms. The van der Waals surface area contributed by atoms with Gasteiger partial charge >= 0.3 is 0 Å². The van der Waals surface area contributed by atoms with Crippen LogP contribution in [0.2, 0.25) is 0 Å². The van der Waals surface area contributed by atoms with Crippen LogP contribution in [-0.4, -0.2) is 21.9 Å².